The summed E-state index contributed by atoms with van der Waals surface area (Å²) in [6.45, 7) is 5.87. The van der Waals surface area contributed by atoms with Crippen molar-refractivity contribution in [1.82, 2.24) is 5.32 Å². The standard InChI is InChI=1S/C18H25NO4/c1-12(2)11-15(18(22)23-4)19-17(21)10-9-16(20)14-7-5-13(3)6-8-14/h5-8,12,15H,9-11H2,1-4H3,(H,19,21). The molecule has 0 aliphatic carbocycles. The number of carbonyl (C=O) groups is 3. The van der Waals surface area contributed by atoms with Gasteiger partial charge < -0.3 is 10.1 Å². The van der Waals surface area contributed by atoms with Crippen LogP contribution in [-0.4, -0.2) is 30.8 Å². The van der Waals surface area contributed by atoms with E-state index in [4.69, 9.17) is 4.74 Å². The van der Waals surface area contributed by atoms with Crippen molar-refractivity contribution in [3.8, 4) is 0 Å². The number of ether oxygens (including phenoxy) is 1. The number of ketones is 1. The molecule has 126 valence electrons. The Labute approximate surface area is 137 Å². The number of rotatable bonds is 8. The third-order valence-electron chi connectivity index (χ3n) is 3.48. The Morgan fingerprint density at radius 3 is 2.22 bits per heavy atom. The monoisotopic (exact) mass is 319 g/mol. The van der Waals surface area contributed by atoms with Crippen LogP contribution in [0.4, 0.5) is 0 Å². The van der Waals surface area contributed by atoms with Gasteiger partial charge in [-0.15, -0.1) is 0 Å². The Bertz CT molecular complexity index is 549. The third kappa shape index (κ3) is 6.63. The first kappa shape index (κ1) is 18.9. The maximum atomic E-state index is 12.0. The van der Waals surface area contributed by atoms with Crippen molar-refractivity contribution in [2.24, 2.45) is 5.92 Å². The molecular weight excluding hydrogens is 294 g/mol. The predicted molar refractivity (Wildman–Crippen MR) is 88.1 cm³/mol. The van der Waals surface area contributed by atoms with E-state index in [1.54, 1.807) is 12.1 Å². The minimum Gasteiger partial charge on any atom is -0.467 e. The molecule has 0 heterocycles. The number of carbonyl (C=O) groups excluding carboxylic acids is 3. The summed E-state index contributed by atoms with van der Waals surface area (Å²) < 4.78 is 4.70. The van der Waals surface area contributed by atoms with Crippen molar-refractivity contribution < 1.29 is 19.1 Å². The number of hydrogen-bond donors (Lipinski definition) is 1. The molecular formula is C18H25NO4. The molecule has 0 saturated carbocycles. The first-order chi connectivity index (χ1) is 10.8. The number of aryl methyl sites for hydroxylation is 1. The summed E-state index contributed by atoms with van der Waals surface area (Å²) in [5, 5.41) is 2.65. The summed E-state index contributed by atoms with van der Waals surface area (Å²) in [6, 6.07) is 6.57. The normalized spacial score (nSPS) is 11.9. The molecule has 5 heteroatoms. The van der Waals surface area contributed by atoms with Crippen LogP contribution in [0.3, 0.4) is 0 Å². The summed E-state index contributed by atoms with van der Waals surface area (Å²) in [6.07, 6.45) is 0.674. The summed E-state index contributed by atoms with van der Waals surface area (Å²) in [7, 11) is 1.29. The minimum absolute atomic E-state index is 0.0539. The first-order valence-corrected chi connectivity index (χ1v) is 7.80. The molecule has 1 unspecified atom stereocenters. The van der Waals surface area contributed by atoms with Gasteiger partial charge in [-0.05, 0) is 19.3 Å². The average Bonchev–Trinajstić information content (AvgIpc) is 2.51. The SMILES string of the molecule is COC(=O)C(CC(C)C)NC(=O)CCC(=O)c1ccc(C)cc1. The molecule has 1 atom stereocenters. The molecule has 0 radical (unpaired) electrons. The number of amides is 1. The highest BCUT2D eigenvalue weighted by Crippen LogP contribution is 2.09. The number of esters is 1. The van der Waals surface area contributed by atoms with Crippen molar-refractivity contribution in [2.45, 2.75) is 46.1 Å². The zero-order valence-corrected chi connectivity index (χ0v) is 14.2. The molecule has 0 bridgehead atoms. The lowest BCUT2D eigenvalue weighted by atomic mass is 10.0. The van der Waals surface area contributed by atoms with E-state index in [0.717, 1.165) is 5.56 Å². The number of benzene rings is 1. The van der Waals surface area contributed by atoms with Crippen LogP contribution in [0.1, 0.15) is 49.0 Å². The second-order valence-electron chi connectivity index (χ2n) is 6.06. The van der Waals surface area contributed by atoms with Crippen LogP contribution in [-0.2, 0) is 14.3 Å². The van der Waals surface area contributed by atoms with Crippen LogP contribution in [0.15, 0.2) is 24.3 Å². The van der Waals surface area contributed by atoms with E-state index in [-0.39, 0.29) is 30.4 Å². The van der Waals surface area contributed by atoms with Crippen molar-refractivity contribution in [3.05, 3.63) is 35.4 Å². The van der Waals surface area contributed by atoms with Gasteiger partial charge in [-0.25, -0.2) is 4.79 Å². The summed E-state index contributed by atoms with van der Waals surface area (Å²) in [5.41, 5.74) is 1.67. The molecule has 1 rings (SSSR count). The Morgan fingerprint density at radius 2 is 1.70 bits per heavy atom. The van der Waals surface area contributed by atoms with Gasteiger partial charge in [-0.3, -0.25) is 9.59 Å². The van der Waals surface area contributed by atoms with E-state index in [2.05, 4.69) is 5.32 Å². The maximum Gasteiger partial charge on any atom is 0.328 e. The fourth-order valence-corrected chi connectivity index (χ4v) is 2.21. The quantitative estimate of drug-likeness (QED) is 0.590. The lowest BCUT2D eigenvalue weighted by molar-refractivity contribution is -0.145. The summed E-state index contributed by atoms with van der Waals surface area (Å²) in [4.78, 5) is 35.7. The molecule has 5 nitrogen and oxygen atoms in total. The Balaban J connectivity index is 2.52. The predicted octanol–water partition coefficient (Wildman–Crippen LogP) is 2.66. The molecule has 0 aromatic heterocycles. The minimum atomic E-state index is -0.665. The van der Waals surface area contributed by atoms with E-state index in [1.165, 1.54) is 7.11 Å². The molecule has 0 saturated heterocycles. The van der Waals surface area contributed by atoms with Crippen molar-refractivity contribution in [1.29, 1.82) is 0 Å². The Hall–Kier alpha value is -2.17. The molecule has 1 N–H and O–H groups in total. The van der Waals surface area contributed by atoms with E-state index in [0.29, 0.717) is 12.0 Å². The Kier molecular flexibility index (Phi) is 7.45. The lowest BCUT2D eigenvalue weighted by Crippen LogP contribution is -2.42. The fraction of sp³-hybridized carbons (Fsp3) is 0.500. The zero-order valence-electron chi connectivity index (χ0n) is 14.2. The average molecular weight is 319 g/mol. The van der Waals surface area contributed by atoms with E-state index >= 15 is 0 Å². The van der Waals surface area contributed by atoms with Gasteiger partial charge in [0.05, 0.1) is 7.11 Å². The van der Waals surface area contributed by atoms with Gasteiger partial charge in [0.15, 0.2) is 5.78 Å². The topological polar surface area (TPSA) is 72.5 Å². The fourth-order valence-electron chi connectivity index (χ4n) is 2.21. The maximum absolute atomic E-state index is 12.0. The van der Waals surface area contributed by atoms with Crippen molar-refractivity contribution >= 4 is 17.7 Å². The molecule has 0 aliphatic rings. The highest BCUT2D eigenvalue weighted by atomic mass is 16.5. The lowest BCUT2D eigenvalue weighted by Gasteiger charge is -2.18. The van der Waals surface area contributed by atoms with Crippen LogP contribution in [0, 0.1) is 12.8 Å². The van der Waals surface area contributed by atoms with Crippen LogP contribution < -0.4 is 5.32 Å². The summed E-state index contributed by atoms with van der Waals surface area (Å²) in [5.74, 6) is -0.620. The molecule has 0 spiro atoms. The van der Waals surface area contributed by atoms with E-state index in [1.807, 2.05) is 32.9 Å². The van der Waals surface area contributed by atoms with Gasteiger partial charge in [-0.1, -0.05) is 43.7 Å². The second-order valence-corrected chi connectivity index (χ2v) is 6.06. The highest BCUT2D eigenvalue weighted by molar-refractivity contribution is 5.98. The van der Waals surface area contributed by atoms with E-state index < -0.39 is 12.0 Å². The van der Waals surface area contributed by atoms with Crippen LogP contribution >= 0.6 is 0 Å². The van der Waals surface area contributed by atoms with Crippen LogP contribution in [0.25, 0.3) is 0 Å². The third-order valence-corrected chi connectivity index (χ3v) is 3.48. The first-order valence-electron chi connectivity index (χ1n) is 7.80. The largest absolute Gasteiger partial charge is 0.467 e. The smallest absolute Gasteiger partial charge is 0.328 e. The van der Waals surface area contributed by atoms with Crippen molar-refractivity contribution in [2.75, 3.05) is 7.11 Å². The summed E-state index contributed by atoms with van der Waals surface area (Å²) >= 11 is 0. The van der Waals surface area contributed by atoms with Gasteiger partial charge in [0.2, 0.25) is 5.91 Å². The molecule has 1 aromatic rings. The van der Waals surface area contributed by atoms with Crippen molar-refractivity contribution in [3.63, 3.8) is 0 Å². The number of Topliss-reactive ketones (excluding diaryl/α,β-unsaturated/α-hetero) is 1. The van der Waals surface area contributed by atoms with Gasteiger partial charge in [0.25, 0.3) is 0 Å². The molecule has 0 aliphatic heterocycles. The number of hydrogen-bond acceptors (Lipinski definition) is 4. The molecule has 1 aromatic carbocycles. The molecule has 1 amide bonds. The Morgan fingerprint density at radius 1 is 1.09 bits per heavy atom. The van der Waals surface area contributed by atoms with Gasteiger partial charge in [0.1, 0.15) is 6.04 Å². The zero-order chi connectivity index (χ0) is 17.4. The number of nitrogens with one attached hydrogen (secondary N) is 1. The molecule has 23 heavy (non-hydrogen) atoms. The van der Waals surface area contributed by atoms with E-state index in [9.17, 15) is 14.4 Å². The number of methoxy groups -OCH3 is 1. The van der Waals surface area contributed by atoms with Gasteiger partial charge in [0, 0.05) is 18.4 Å². The molecule has 0 fully saturated rings. The highest BCUT2D eigenvalue weighted by Gasteiger charge is 2.22. The van der Waals surface area contributed by atoms with Crippen LogP contribution in [0.5, 0.6) is 0 Å². The van der Waals surface area contributed by atoms with Crippen LogP contribution in [0.2, 0.25) is 0 Å². The van der Waals surface area contributed by atoms with Gasteiger partial charge in [-0.2, -0.15) is 0 Å². The van der Waals surface area contributed by atoms with Gasteiger partial charge >= 0.3 is 5.97 Å². The second kappa shape index (κ2) is 9.08.